The summed E-state index contributed by atoms with van der Waals surface area (Å²) in [5.41, 5.74) is 0. The molecule has 1 aliphatic heterocycles. The first-order valence-corrected chi connectivity index (χ1v) is 7.49. The molecule has 0 bridgehead atoms. The van der Waals surface area contributed by atoms with Gasteiger partial charge in [-0.3, -0.25) is 9.69 Å². The van der Waals surface area contributed by atoms with E-state index in [9.17, 15) is 13.2 Å². The zero-order valence-electron chi connectivity index (χ0n) is 10.9. The first kappa shape index (κ1) is 15.4. The lowest BCUT2D eigenvalue weighted by molar-refractivity contribution is -0.134. The van der Waals surface area contributed by atoms with E-state index in [0.717, 1.165) is 13.1 Å². The molecule has 0 radical (unpaired) electrons. The molecular weight excluding hydrogens is 258 g/mol. The number of carboxylic acid groups (broad SMARTS) is 1. The molecule has 8 heteroatoms. The number of aliphatic carboxylic acids is 1. The van der Waals surface area contributed by atoms with E-state index in [2.05, 4.69) is 9.80 Å². The molecule has 1 fully saturated rings. The highest BCUT2D eigenvalue weighted by molar-refractivity contribution is 7.89. The number of rotatable bonds is 6. The summed E-state index contributed by atoms with van der Waals surface area (Å²) in [7, 11) is 0.347. The molecule has 1 saturated heterocycles. The van der Waals surface area contributed by atoms with E-state index in [1.165, 1.54) is 4.31 Å². The highest BCUT2D eigenvalue weighted by Crippen LogP contribution is 2.07. The standard InChI is InChI=1S/C10H21N3O4S/c1-11(2)3-4-12-5-7-13(8-6-12)18(16,17)9-10(14)15/h3-9H2,1-2H3,(H,14,15). The van der Waals surface area contributed by atoms with Crippen molar-refractivity contribution in [3.05, 3.63) is 0 Å². The molecule has 0 aromatic heterocycles. The maximum atomic E-state index is 11.7. The molecule has 0 atom stereocenters. The molecule has 1 rings (SSSR count). The predicted molar refractivity (Wildman–Crippen MR) is 68.0 cm³/mol. The van der Waals surface area contributed by atoms with E-state index in [1.807, 2.05) is 14.1 Å². The monoisotopic (exact) mass is 279 g/mol. The fourth-order valence-electron chi connectivity index (χ4n) is 1.82. The van der Waals surface area contributed by atoms with Crippen LogP contribution in [0.3, 0.4) is 0 Å². The molecule has 0 spiro atoms. The van der Waals surface area contributed by atoms with Crippen molar-refractivity contribution in [3.8, 4) is 0 Å². The third kappa shape index (κ3) is 4.89. The summed E-state index contributed by atoms with van der Waals surface area (Å²) in [6, 6.07) is 0. The predicted octanol–water partition coefficient (Wildman–Crippen LogP) is -1.42. The van der Waals surface area contributed by atoms with Crippen LogP contribution in [0.4, 0.5) is 0 Å². The van der Waals surface area contributed by atoms with Crippen LogP contribution in [0.25, 0.3) is 0 Å². The average Bonchev–Trinajstić information content (AvgIpc) is 2.25. The van der Waals surface area contributed by atoms with Gasteiger partial charge in [0.1, 0.15) is 0 Å². The number of sulfonamides is 1. The van der Waals surface area contributed by atoms with Crippen LogP contribution in [0.1, 0.15) is 0 Å². The van der Waals surface area contributed by atoms with Crippen LogP contribution in [0.15, 0.2) is 0 Å². The Morgan fingerprint density at radius 1 is 1.22 bits per heavy atom. The van der Waals surface area contributed by atoms with Gasteiger partial charge < -0.3 is 10.0 Å². The normalized spacial score (nSPS) is 19.3. The van der Waals surface area contributed by atoms with E-state index < -0.39 is 21.7 Å². The lowest BCUT2D eigenvalue weighted by atomic mass is 10.3. The van der Waals surface area contributed by atoms with E-state index in [-0.39, 0.29) is 0 Å². The summed E-state index contributed by atoms with van der Waals surface area (Å²) in [5, 5.41) is 8.56. The Morgan fingerprint density at radius 2 is 1.78 bits per heavy atom. The van der Waals surface area contributed by atoms with Gasteiger partial charge in [-0.25, -0.2) is 8.42 Å². The largest absolute Gasteiger partial charge is 0.480 e. The van der Waals surface area contributed by atoms with Crippen molar-refractivity contribution < 1.29 is 18.3 Å². The zero-order chi connectivity index (χ0) is 13.8. The van der Waals surface area contributed by atoms with Crippen molar-refractivity contribution in [3.63, 3.8) is 0 Å². The quantitative estimate of drug-likeness (QED) is 0.643. The maximum absolute atomic E-state index is 11.7. The van der Waals surface area contributed by atoms with E-state index in [4.69, 9.17) is 5.11 Å². The Morgan fingerprint density at radius 3 is 2.22 bits per heavy atom. The van der Waals surface area contributed by atoms with Gasteiger partial charge in [0, 0.05) is 39.3 Å². The second kappa shape index (κ2) is 6.46. The minimum atomic E-state index is -3.64. The number of carboxylic acids is 1. The summed E-state index contributed by atoms with van der Waals surface area (Å²) >= 11 is 0. The third-order valence-electron chi connectivity index (χ3n) is 2.89. The summed E-state index contributed by atoms with van der Waals surface area (Å²) < 4.78 is 24.6. The third-order valence-corrected chi connectivity index (χ3v) is 4.66. The minimum Gasteiger partial charge on any atom is -0.480 e. The van der Waals surface area contributed by atoms with Gasteiger partial charge in [0.2, 0.25) is 10.0 Å². The van der Waals surface area contributed by atoms with Crippen molar-refractivity contribution in [2.75, 3.05) is 59.1 Å². The Hall–Kier alpha value is -0.700. The van der Waals surface area contributed by atoms with Gasteiger partial charge in [0.15, 0.2) is 5.75 Å². The second-order valence-corrected chi connectivity index (χ2v) is 6.66. The van der Waals surface area contributed by atoms with Gasteiger partial charge in [-0.05, 0) is 14.1 Å². The van der Waals surface area contributed by atoms with Crippen LogP contribution >= 0.6 is 0 Å². The van der Waals surface area contributed by atoms with Crippen molar-refractivity contribution in [2.45, 2.75) is 0 Å². The lowest BCUT2D eigenvalue weighted by Gasteiger charge is -2.34. The van der Waals surface area contributed by atoms with E-state index in [0.29, 0.717) is 26.2 Å². The van der Waals surface area contributed by atoms with Gasteiger partial charge in [0.25, 0.3) is 0 Å². The first-order chi connectivity index (χ1) is 8.31. The van der Waals surface area contributed by atoms with Crippen LogP contribution < -0.4 is 0 Å². The molecule has 0 amide bonds. The number of piperazine rings is 1. The topological polar surface area (TPSA) is 81.2 Å². The second-order valence-electron chi connectivity index (χ2n) is 4.69. The molecule has 0 aromatic carbocycles. The van der Waals surface area contributed by atoms with Crippen molar-refractivity contribution in [1.82, 2.24) is 14.1 Å². The molecule has 106 valence electrons. The van der Waals surface area contributed by atoms with E-state index >= 15 is 0 Å². The van der Waals surface area contributed by atoms with Gasteiger partial charge in [-0.1, -0.05) is 0 Å². The van der Waals surface area contributed by atoms with Gasteiger partial charge >= 0.3 is 5.97 Å². The van der Waals surface area contributed by atoms with Gasteiger partial charge in [-0.15, -0.1) is 0 Å². The SMILES string of the molecule is CN(C)CCN1CCN(S(=O)(=O)CC(=O)O)CC1. The van der Waals surface area contributed by atoms with Crippen molar-refractivity contribution >= 4 is 16.0 Å². The lowest BCUT2D eigenvalue weighted by Crippen LogP contribution is -2.50. The van der Waals surface area contributed by atoms with Crippen LogP contribution in [0, 0.1) is 0 Å². The Kier molecular flexibility index (Phi) is 5.51. The van der Waals surface area contributed by atoms with Crippen LogP contribution in [-0.2, 0) is 14.8 Å². The van der Waals surface area contributed by atoms with Gasteiger partial charge in [0.05, 0.1) is 0 Å². The number of nitrogens with zero attached hydrogens (tertiary/aromatic N) is 3. The number of likely N-dealkylation sites (N-methyl/N-ethyl adjacent to an activating group) is 1. The van der Waals surface area contributed by atoms with Crippen molar-refractivity contribution in [1.29, 1.82) is 0 Å². The maximum Gasteiger partial charge on any atom is 0.320 e. The summed E-state index contributed by atoms with van der Waals surface area (Å²) in [4.78, 5) is 14.7. The smallest absolute Gasteiger partial charge is 0.320 e. The molecule has 18 heavy (non-hydrogen) atoms. The molecule has 0 saturated carbocycles. The highest BCUT2D eigenvalue weighted by atomic mass is 32.2. The molecule has 0 aliphatic carbocycles. The summed E-state index contributed by atoms with van der Waals surface area (Å²) in [6.45, 7) is 3.91. The molecule has 7 nitrogen and oxygen atoms in total. The summed E-state index contributed by atoms with van der Waals surface area (Å²) in [5.74, 6) is -2.12. The van der Waals surface area contributed by atoms with Crippen molar-refractivity contribution in [2.24, 2.45) is 0 Å². The van der Waals surface area contributed by atoms with Crippen LogP contribution in [0.5, 0.6) is 0 Å². The molecule has 1 heterocycles. The number of carbonyl (C=O) groups is 1. The van der Waals surface area contributed by atoms with Gasteiger partial charge in [-0.2, -0.15) is 4.31 Å². The van der Waals surface area contributed by atoms with Crippen LogP contribution in [-0.4, -0.2) is 92.7 Å². The highest BCUT2D eigenvalue weighted by Gasteiger charge is 2.28. The fourth-order valence-corrected chi connectivity index (χ4v) is 3.03. The number of hydrogen-bond donors (Lipinski definition) is 1. The minimum absolute atomic E-state index is 0.378. The Labute approximate surface area is 108 Å². The van der Waals surface area contributed by atoms with Crippen LogP contribution in [0.2, 0.25) is 0 Å². The summed E-state index contributed by atoms with van der Waals surface area (Å²) in [6.07, 6.45) is 0. The molecule has 0 aromatic rings. The Balaban J connectivity index is 2.41. The first-order valence-electron chi connectivity index (χ1n) is 5.88. The fraction of sp³-hybridized carbons (Fsp3) is 0.900. The molecule has 0 unspecified atom stereocenters. The molecule has 1 aliphatic rings. The molecule has 1 N–H and O–H groups in total. The average molecular weight is 279 g/mol. The van der Waals surface area contributed by atoms with E-state index in [1.54, 1.807) is 0 Å². The number of hydrogen-bond acceptors (Lipinski definition) is 5. The Bertz CT molecular complexity index is 375. The zero-order valence-corrected chi connectivity index (χ0v) is 11.7. The molecular formula is C10H21N3O4S.